The summed E-state index contributed by atoms with van der Waals surface area (Å²) in [5.74, 6) is 1.16. The Morgan fingerprint density at radius 1 is 1.12 bits per heavy atom. The Morgan fingerprint density at radius 3 is 1.88 bits per heavy atom. The summed E-state index contributed by atoms with van der Waals surface area (Å²) in [6, 6.07) is 0. The number of nitrogens with zero attached hydrogens (tertiary/aromatic N) is 2. The van der Waals surface area contributed by atoms with Gasteiger partial charge in [-0.1, -0.05) is 0 Å². The summed E-state index contributed by atoms with van der Waals surface area (Å²) in [7, 11) is 0. The van der Waals surface area contributed by atoms with E-state index >= 15 is 0 Å². The molecule has 1 aliphatic heterocycles. The molecule has 44 valence electrons. The Balaban J connectivity index is 2.57. The number of amidine groups is 2. The summed E-state index contributed by atoms with van der Waals surface area (Å²) >= 11 is 0. The summed E-state index contributed by atoms with van der Waals surface area (Å²) in [5, 5.41) is 0. The number of nitrogens with two attached hydrogens (primary N) is 2. The molecule has 0 aromatic heterocycles. The van der Waals surface area contributed by atoms with Crippen LogP contribution in [0.1, 0.15) is 6.42 Å². The highest BCUT2D eigenvalue weighted by Crippen LogP contribution is 1.89. The first-order valence-electron chi connectivity index (χ1n) is 2.36. The van der Waals surface area contributed by atoms with Crippen LogP contribution in [0, 0.1) is 0 Å². The van der Waals surface area contributed by atoms with Crippen LogP contribution in [-0.4, -0.2) is 18.3 Å². The van der Waals surface area contributed by atoms with Crippen LogP contribution in [0.5, 0.6) is 0 Å². The molecule has 0 atom stereocenters. The van der Waals surface area contributed by atoms with Crippen LogP contribution in [0.4, 0.5) is 0 Å². The first-order valence-corrected chi connectivity index (χ1v) is 2.36. The lowest BCUT2D eigenvalue weighted by Gasteiger charge is -2.03. The molecule has 0 amide bonds. The maximum absolute atomic E-state index is 5.31. The lowest BCUT2D eigenvalue weighted by molar-refractivity contribution is 1.01. The van der Waals surface area contributed by atoms with Crippen molar-refractivity contribution in [1.82, 2.24) is 0 Å². The van der Waals surface area contributed by atoms with Gasteiger partial charge in [-0.15, -0.1) is 0 Å². The van der Waals surface area contributed by atoms with E-state index in [0.717, 1.165) is 0 Å². The molecule has 4 N–H and O–H groups in total. The maximum atomic E-state index is 5.31. The van der Waals surface area contributed by atoms with Gasteiger partial charge in [-0.05, 0) is 0 Å². The molecule has 0 spiro atoms. The average Bonchev–Trinajstić information content (AvgIpc) is 1.64. The summed E-state index contributed by atoms with van der Waals surface area (Å²) in [4.78, 5) is 7.61. The topological polar surface area (TPSA) is 76.8 Å². The van der Waals surface area contributed by atoms with Gasteiger partial charge in [0, 0.05) is 0 Å². The van der Waals surface area contributed by atoms with Crippen molar-refractivity contribution in [3.05, 3.63) is 0 Å². The lowest BCUT2D eigenvalue weighted by Crippen LogP contribution is -2.26. The highest BCUT2D eigenvalue weighted by molar-refractivity contribution is 6.01. The third-order valence-corrected chi connectivity index (χ3v) is 0.910. The highest BCUT2D eigenvalue weighted by Gasteiger charge is 1.99. The molecule has 0 aromatic carbocycles. The van der Waals surface area contributed by atoms with Gasteiger partial charge in [-0.2, -0.15) is 0 Å². The minimum Gasteiger partial charge on any atom is -0.387 e. The molecule has 0 aromatic rings. The molecule has 0 fully saturated rings. The normalized spacial score (nSPS) is 19.5. The quantitative estimate of drug-likeness (QED) is 0.424. The van der Waals surface area contributed by atoms with Crippen LogP contribution in [0.15, 0.2) is 9.98 Å². The van der Waals surface area contributed by atoms with Gasteiger partial charge in [-0.25, -0.2) is 9.98 Å². The molecular weight excluding hydrogens is 104 g/mol. The van der Waals surface area contributed by atoms with E-state index in [4.69, 9.17) is 11.5 Å². The van der Waals surface area contributed by atoms with E-state index in [0.29, 0.717) is 24.8 Å². The fraction of sp³-hybridized carbons (Fsp3) is 0.500. The number of aliphatic imine (C=N–C) groups is 2. The molecule has 0 bridgehead atoms. The van der Waals surface area contributed by atoms with Crippen LogP contribution in [-0.2, 0) is 0 Å². The molecule has 0 aliphatic carbocycles. The molecule has 4 nitrogen and oxygen atoms in total. The second kappa shape index (κ2) is 1.81. The zero-order valence-electron chi connectivity index (χ0n) is 4.46. The molecule has 0 saturated heterocycles. The Bertz CT molecular complexity index is 130. The zero-order chi connectivity index (χ0) is 5.98. The molecule has 4 heteroatoms. The molecule has 0 unspecified atom stereocenters. The van der Waals surface area contributed by atoms with Gasteiger partial charge in [0.15, 0.2) is 0 Å². The molecule has 1 heterocycles. The van der Waals surface area contributed by atoms with E-state index in [-0.39, 0.29) is 0 Å². The van der Waals surface area contributed by atoms with Crippen LogP contribution in [0.25, 0.3) is 0 Å². The molecule has 0 saturated carbocycles. The number of hydrogen-bond acceptors (Lipinski definition) is 4. The van der Waals surface area contributed by atoms with Crippen molar-refractivity contribution in [3.8, 4) is 0 Å². The standard InChI is InChI=1S/C4H8N4/c5-3-1-4(6)8-2-7-3/h1-2H2,(H2,5,7)(H2,6,8). The summed E-state index contributed by atoms with van der Waals surface area (Å²) in [6.07, 6.45) is 0.528. The number of hydrogen-bond donors (Lipinski definition) is 2. The predicted octanol–water partition coefficient (Wildman–Crippen LogP) is -0.938. The van der Waals surface area contributed by atoms with Gasteiger partial charge in [0.1, 0.15) is 18.3 Å². The minimum atomic E-state index is 0.400. The molecule has 1 aliphatic rings. The van der Waals surface area contributed by atoms with E-state index in [1.807, 2.05) is 0 Å². The van der Waals surface area contributed by atoms with Gasteiger partial charge < -0.3 is 11.5 Å². The largest absolute Gasteiger partial charge is 0.387 e. The third-order valence-electron chi connectivity index (χ3n) is 0.910. The van der Waals surface area contributed by atoms with E-state index in [1.54, 1.807) is 0 Å². The van der Waals surface area contributed by atoms with E-state index in [1.165, 1.54) is 0 Å². The van der Waals surface area contributed by atoms with Crippen molar-refractivity contribution < 1.29 is 0 Å². The monoisotopic (exact) mass is 112 g/mol. The highest BCUT2D eigenvalue weighted by atomic mass is 15.0. The van der Waals surface area contributed by atoms with Crippen molar-refractivity contribution in [2.24, 2.45) is 21.5 Å². The Labute approximate surface area is 47.3 Å². The SMILES string of the molecule is NC1=NCN=C(N)C1. The van der Waals surface area contributed by atoms with Gasteiger partial charge in [-0.3, -0.25) is 0 Å². The van der Waals surface area contributed by atoms with E-state index < -0.39 is 0 Å². The van der Waals surface area contributed by atoms with E-state index in [2.05, 4.69) is 9.98 Å². The van der Waals surface area contributed by atoms with Crippen LogP contribution in [0.3, 0.4) is 0 Å². The maximum Gasteiger partial charge on any atom is 0.133 e. The van der Waals surface area contributed by atoms with Crippen molar-refractivity contribution >= 4 is 11.7 Å². The van der Waals surface area contributed by atoms with Crippen LogP contribution >= 0.6 is 0 Å². The Morgan fingerprint density at radius 2 is 1.62 bits per heavy atom. The first kappa shape index (κ1) is 5.08. The van der Waals surface area contributed by atoms with Crippen LogP contribution < -0.4 is 11.5 Å². The summed E-state index contributed by atoms with van der Waals surface area (Å²) in [5.41, 5.74) is 10.6. The predicted molar refractivity (Wildman–Crippen MR) is 32.7 cm³/mol. The molecule has 1 rings (SSSR count). The van der Waals surface area contributed by atoms with E-state index in [9.17, 15) is 0 Å². The summed E-state index contributed by atoms with van der Waals surface area (Å²) < 4.78 is 0. The van der Waals surface area contributed by atoms with Gasteiger partial charge in [0.05, 0.1) is 6.42 Å². The second-order valence-electron chi connectivity index (χ2n) is 1.62. The van der Waals surface area contributed by atoms with Gasteiger partial charge >= 0.3 is 0 Å². The summed E-state index contributed by atoms with van der Waals surface area (Å²) in [6.45, 7) is 0.400. The molecule has 0 radical (unpaired) electrons. The average molecular weight is 112 g/mol. The van der Waals surface area contributed by atoms with Crippen molar-refractivity contribution in [2.45, 2.75) is 6.42 Å². The van der Waals surface area contributed by atoms with Gasteiger partial charge in [0.2, 0.25) is 0 Å². The second-order valence-corrected chi connectivity index (χ2v) is 1.62. The Hall–Kier alpha value is -1.06. The minimum absolute atomic E-state index is 0.400. The number of rotatable bonds is 0. The lowest BCUT2D eigenvalue weighted by atomic mass is 10.3. The third kappa shape index (κ3) is 0.959. The van der Waals surface area contributed by atoms with Crippen LogP contribution in [0.2, 0.25) is 0 Å². The molecule has 8 heavy (non-hydrogen) atoms. The van der Waals surface area contributed by atoms with Crippen molar-refractivity contribution in [3.63, 3.8) is 0 Å². The smallest absolute Gasteiger partial charge is 0.133 e. The molecular formula is C4H8N4. The van der Waals surface area contributed by atoms with Crippen molar-refractivity contribution in [1.29, 1.82) is 0 Å². The first-order chi connectivity index (χ1) is 3.79. The zero-order valence-corrected chi connectivity index (χ0v) is 4.46. The fourth-order valence-corrected chi connectivity index (χ4v) is 0.514. The fourth-order valence-electron chi connectivity index (χ4n) is 0.514. The van der Waals surface area contributed by atoms with Crippen molar-refractivity contribution in [2.75, 3.05) is 6.67 Å². The Kier molecular flexibility index (Phi) is 1.15. The van der Waals surface area contributed by atoms with Gasteiger partial charge in [0.25, 0.3) is 0 Å².